The molecule has 178 valence electrons. The number of sulfonamides is 1. The van der Waals surface area contributed by atoms with Crippen molar-refractivity contribution < 1.29 is 27.9 Å². The van der Waals surface area contributed by atoms with Gasteiger partial charge < -0.3 is 15.2 Å². The number of ether oxygens (including phenoxy) is 1. The van der Waals surface area contributed by atoms with Crippen molar-refractivity contribution in [1.29, 1.82) is 0 Å². The number of carboxylic acids is 1. The third-order valence-corrected chi connectivity index (χ3v) is 6.89. The van der Waals surface area contributed by atoms with Gasteiger partial charge in [0.1, 0.15) is 18.4 Å². The van der Waals surface area contributed by atoms with Crippen LogP contribution in [0.2, 0.25) is 0 Å². The first-order valence-electron chi connectivity index (χ1n) is 10.6. The van der Waals surface area contributed by atoms with E-state index in [-0.39, 0.29) is 26.2 Å². The van der Waals surface area contributed by atoms with Crippen molar-refractivity contribution in [3.05, 3.63) is 65.7 Å². The first kappa shape index (κ1) is 24.7. The van der Waals surface area contributed by atoms with Crippen molar-refractivity contribution in [3.8, 4) is 5.75 Å². The van der Waals surface area contributed by atoms with Crippen LogP contribution in [0.15, 0.2) is 54.6 Å². The molecule has 2 atom stereocenters. The number of nitrogens with one attached hydrogen (secondary N) is 1. The second-order valence-corrected chi connectivity index (χ2v) is 10.0. The molecule has 1 fully saturated rings. The number of hydrogen-bond donors (Lipinski definition) is 2. The highest BCUT2D eigenvalue weighted by Gasteiger charge is 2.35. The van der Waals surface area contributed by atoms with Gasteiger partial charge in [-0.2, -0.15) is 4.31 Å². The van der Waals surface area contributed by atoms with E-state index < -0.39 is 34.0 Å². The Bertz CT molecular complexity index is 1050. The second-order valence-electron chi connectivity index (χ2n) is 8.04. The Morgan fingerprint density at radius 3 is 2.18 bits per heavy atom. The van der Waals surface area contributed by atoms with E-state index in [1.165, 1.54) is 4.31 Å². The molecule has 1 amide bonds. The summed E-state index contributed by atoms with van der Waals surface area (Å²) in [5, 5.41) is 12.5. The van der Waals surface area contributed by atoms with Crippen LogP contribution >= 0.6 is 0 Å². The Balaban J connectivity index is 1.57. The molecular weight excluding hydrogens is 446 g/mol. The lowest BCUT2D eigenvalue weighted by molar-refractivity contribution is -0.144. The second kappa shape index (κ2) is 10.8. The standard InChI is InChI=1S/C23H29N3O6S/c1-17(21(23(28)29)25-12-14-26(15-13-25)33(2,30)31)24-22(27)19-8-10-20(11-9-19)32-16-18-6-4-3-5-7-18/h3-11,17,21H,12-16H2,1-2H3,(H,24,27)(H,28,29). The van der Waals surface area contributed by atoms with E-state index in [1.807, 2.05) is 30.3 Å². The van der Waals surface area contributed by atoms with Crippen LogP contribution in [0.1, 0.15) is 22.8 Å². The fourth-order valence-corrected chi connectivity index (χ4v) is 4.64. The Morgan fingerprint density at radius 1 is 1.03 bits per heavy atom. The van der Waals surface area contributed by atoms with E-state index in [4.69, 9.17) is 4.74 Å². The number of carbonyl (C=O) groups excluding carboxylic acids is 1. The Hall–Kier alpha value is -2.95. The summed E-state index contributed by atoms with van der Waals surface area (Å²) in [7, 11) is -3.31. The summed E-state index contributed by atoms with van der Waals surface area (Å²) in [6, 6.07) is 14.7. The highest BCUT2D eigenvalue weighted by Crippen LogP contribution is 2.16. The zero-order valence-electron chi connectivity index (χ0n) is 18.7. The number of rotatable bonds is 9. The molecule has 33 heavy (non-hydrogen) atoms. The van der Waals surface area contributed by atoms with Gasteiger partial charge in [-0.15, -0.1) is 0 Å². The van der Waals surface area contributed by atoms with Crippen molar-refractivity contribution in [2.75, 3.05) is 32.4 Å². The molecule has 1 heterocycles. The summed E-state index contributed by atoms with van der Waals surface area (Å²) >= 11 is 0. The monoisotopic (exact) mass is 475 g/mol. The average Bonchev–Trinajstić information content (AvgIpc) is 2.78. The van der Waals surface area contributed by atoms with Crippen molar-refractivity contribution >= 4 is 21.9 Å². The molecule has 0 aromatic heterocycles. The summed E-state index contributed by atoms with van der Waals surface area (Å²) in [5.74, 6) is -0.839. The molecule has 10 heteroatoms. The predicted octanol–water partition coefficient (Wildman–Crippen LogP) is 1.41. The fraction of sp³-hybridized carbons (Fsp3) is 0.391. The number of carbonyl (C=O) groups is 2. The first-order valence-corrected chi connectivity index (χ1v) is 12.5. The number of amides is 1. The van der Waals surface area contributed by atoms with Gasteiger partial charge in [0, 0.05) is 31.7 Å². The Kier molecular flexibility index (Phi) is 8.06. The summed E-state index contributed by atoms with van der Waals surface area (Å²) in [6.45, 7) is 3.03. The minimum Gasteiger partial charge on any atom is -0.489 e. The van der Waals surface area contributed by atoms with E-state index in [0.29, 0.717) is 17.9 Å². The average molecular weight is 476 g/mol. The van der Waals surface area contributed by atoms with E-state index >= 15 is 0 Å². The van der Waals surface area contributed by atoms with Gasteiger partial charge in [-0.1, -0.05) is 30.3 Å². The van der Waals surface area contributed by atoms with E-state index in [9.17, 15) is 23.1 Å². The van der Waals surface area contributed by atoms with Crippen molar-refractivity contribution in [1.82, 2.24) is 14.5 Å². The third kappa shape index (κ3) is 6.77. The number of hydrogen-bond acceptors (Lipinski definition) is 6. The fourth-order valence-electron chi connectivity index (χ4n) is 3.81. The molecule has 2 unspecified atom stereocenters. The molecule has 2 aromatic rings. The minimum atomic E-state index is -3.31. The molecule has 2 aromatic carbocycles. The van der Waals surface area contributed by atoms with Crippen molar-refractivity contribution in [3.63, 3.8) is 0 Å². The van der Waals surface area contributed by atoms with Gasteiger partial charge in [0.05, 0.1) is 12.3 Å². The minimum absolute atomic E-state index is 0.216. The van der Waals surface area contributed by atoms with Crippen LogP contribution in [0.3, 0.4) is 0 Å². The summed E-state index contributed by atoms with van der Waals surface area (Å²) in [4.78, 5) is 26.3. The highest BCUT2D eigenvalue weighted by atomic mass is 32.2. The third-order valence-electron chi connectivity index (χ3n) is 5.59. The lowest BCUT2D eigenvalue weighted by atomic mass is 10.1. The molecule has 1 saturated heterocycles. The van der Waals surface area contributed by atoms with Crippen LogP contribution in [0, 0.1) is 0 Å². The molecule has 0 saturated carbocycles. The quantitative estimate of drug-likeness (QED) is 0.563. The largest absolute Gasteiger partial charge is 0.489 e. The lowest BCUT2D eigenvalue weighted by Crippen LogP contribution is -2.59. The van der Waals surface area contributed by atoms with Crippen LogP contribution in [-0.4, -0.2) is 79.1 Å². The van der Waals surface area contributed by atoms with Crippen molar-refractivity contribution in [2.45, 2.75) is 25.6 Å². The molecule has 9 nitrogen and oxygen atoms in total. The number of benzene rings is 2. The van der Waals surface area contributed by atoms with E-state index in [2.05, 4.69) is 5.32 Å². The molecular formula is C23H29N3O6S. The number of piperazine rings is 1. The molecule has 1 aliphatic heterocycles. The van der Waals surface area contributed by atoms with Gasteiger partial charge in [-0.05, 0) is 36.8 Å². The van der Waals surface area contributed by atoms with Gasteiger partial charge >= 0.3 is 5.97 Å². The molecule has 1 aliphatic rings. The molecule has 3 rings (SSSR count). The molecule has 2 N–H and O–H groups in total. The summed E-state index contributed by atoms with van der Waals surface area (Å²) in [5.41, 5.74) is 1.42. The predicted molar refractivity (Wildman–Crippen MR) is 124 cm³/mol. The van der Waals surface area contributed by atoms with Gasteiger partial charge in [-0.3, -0.25) is 14.5 Å². The van der Waals surface area contributed by atoms with Gasteiger partial charge in [0.15, 0.2) is 0 Å². The topological polar surface area (TPSA) is 116 Å². The first-order chi connectivity index (χ1) is 15.6. The normalized spacial score (nSPS) is 17.2. The number of aliphatic carboxylic acids is 1. The maximum absolute atomic E-state index is 12.7. The van der Waals surface area contributed by atoms with Crippen molar-refractivity contribution in [2.24, 2.45) is 0 Å². The summed E-state index contributed by atoms with van der Waals surface area (Å²) < 4.78 is 30.4. The molecule has 0 radical (unpaired) electrons. The van der Waals surface area contributed by atoms with Crippen LogP contribution in [0.5, 0.6) is 5.75 Å². The van der Waals surface area contributed by atoms with Gasteiger partial charge in [0.2, 0.25) is 10.0 Å². The maximum Gasteiger partial charge on any atom is 0.323 e. The smallest absolute Gasteiger partial charge is 0.323 e. The zero-order valence-corrected chi connectivity index (χ0v) is 19.5. The maximum atomic E-state index is 12.7. The van der Waals surface area contributed by atoms with Crippen LogP contribution in [0.4, 0.5) is 0 Å². The summed E-state index contributed by atoms with van der Waals surface area (Å²) in [6.07, 6.45) is 1.14. The SMILES string of the molecule is CC(NC(=O)c1ccc(OCc2ccccc2)cc1)C(C(=O)O)N1CCN(S(C)(=O)=O)CC1. The Morgan fingerprint density at radius 2 is 1.64 bits per heavy atom. The highest BCUT2D eigenvalue weighted by molar-refractivity contribution is 7.88. The van der Waals surface area contributed by atoms with E-state index in [1.54, 1.807) is 36.1 Å². The molecule has 0 bridgehead atoms. The van der Waals surface area contributed by atoms with Crippen LogP contribution in [-0.2, 0) is 21.4 Å². The van der Waals surface area contributed by atoms with Gasteiger partial charge in [0.25, 0.3) is 5.91 Å². The Labute approximate surface area is 194 Å². The molecule has 0 spiro atoms. The molecule has 0 aliphatic carbocycles. The number of nitrogens with zero attached hydrogens (tertiary/aromatic N) is 2. The van der Waals surface area contributed by atoms with Crippen LogP contribution < -0.4 is 10.1 Å². The lowest BCUT2D eigenvalue weighted by Gasteiger charge is -2.38. The zero-order chi connectivity index (χ0) is 24.0. The van der Waals surface area contributed by atoms with Gasteiger partial charge in [-0.25, -0.2) is 8.42 Å². The van der Waals surface area contributed by atoms with E-state index in [0.717, 1.165) is 11.8 Å². The van der Waals surface area contributed by atoms with Crippen LogP contribution in [0.25, 0.3) is 0 Å². The number of carboxylic acid groups (broad SMARTS) is 1.